The van der Waals surface area contributed by atoms with Gasteiger partial charge in [-0.3, -0.25) is 0 Å². The van der Waals surface area contributed by atoms with Gasteiger partial charge in [0.1, 0.15) is 12.2 Å². The van der Waals surface area contributed by atoms with Crippen LogP contribution in [0, 0.1) is 41.0 Å². The quantitative estimate of drug-likeness (QED) is 0.0359. The van der Waals surface area contributed by atoms with Crippen molar-refractivity contribution < 1.29 is 40.1 Å². The third-order valence-electron chi connectivity index (χ3n) is 14.7. The van der Waals surface area contributed by atoms with Gasteiger partial charge in [0.25, 0.3) is 0 Å². The maximum Gasteiger partial charge on any atom is 0.196 e. The van der Waals surface area contributed by atoms with Crippen LogP contribution in [0.4, 0.5) is 0 Å². The Morgan fingerprint density at radius 1 is 1.06 bits per heavy atom. The first-order chi connectivity index (χ1) is 30.5. The second-order valence-electron chi connectivity index (χ2n) is 19.1. The molecule has 0 radical (unpaired) electrons. The predicted molar refractivity (Wildman–Crippen MR) is 245 cm³/mol. The predicted octanol–water partition coefficient (Wildman–Crippen LogP) is 6.72. The molecule has 63 heavy (non-hydrogen) atoms. The minimum Gasteiger partial charge on any atom is -0.592 e. The summed E-state index contributed by atoms with van der Waals surface area (Å²) in [4.78, 5) is 5.04. The van der Waals surface area contributed by atoms with E-state index in [2.05, 4.69) is 23.5 Å². The molecule has 2 heterocycles. The molecule has 11 nitrogen and oxygen atoms in total. The lowest BCUT2D eigenvalue weighted by atomic mass is 9.64. The van der Waals surface area contributed by atoms with Gasteiger partial charge in [-0.05, 0) is 98.2 Å². The summed E-state index contributed by atoms with van der Waals surface area (Å²) in [7, 11) is 0. The molecular weight excluding hydrogens is 795 g/mol. The van der Waals surface area contributed by atoms with E-state index in [4.69, 9.17) is 20.2 Å². The topological polar surface area (TPSA) is 190 Å². The average Bonchev–Trinajstić information content (AvgIpc) is 4.00. The molecule has 0 saturated heterocycles. The van der Waals surface area contributed by atoms with Crippen molar-refractivity contribution in [3.8, 4) is 11.5 Å². The molecule has 2 aromatic carbocycles. The number of allylic oxidation sites excluding steroid dienone is 3. The van der Waals surface area contributed by atoms with Crippen LogP contribution < -0.4 is 15.8 Å². The van der Waals surface area contributed by atoms with Crippen molar-refractivity contribution in [2.45, 2.75) is 127 Å². The van der Waals surface area contributed by atoms with Crippen LogP contribution in [-0.2, 0) is 17.8 Å². The van der Waals surface area contributed by atoms with Gasteiger partial charge in [0, 0.05) is 43.2 Å². The Bertz CT molecular complexity index is 2040. The smallest absolute Gasteiger partial charge is 0.196 e. The molecule has 10 atom stereocenters. The molecule has 11 heteroatoms. The highest BCUT2D eigenvalue weighted by atomic mass is 16.5. The summed E-state index contributed by atoms with van der Waals surface area (Å²) < 4.78 is 12.4. The molecule has 1 spiro atoms. The number of aliphatic hydroxyl groups is 5. The highest BCUT2D eigenvalue weighted by Crippen LogP contribution is 2.60. The SMILES string of the molecule is CC(O)CNCC1C2=C[C+](C(O)COc3cc(CCC4=C[C-](CO)C(CCCCCCC(N)CC5C=Cc6cc(CO)ccc6C5O)O4)ccc3O)N=C2C2C=CC13CCCC3C2. The Kier molecular flexibility index (Phi) is 14.7. The van der Waals surface area contributed by atoms with E-state index < -0.39 is 18.3 Å². The van der Waals surface area contributed by atoms with Crippen LogP contribution in [-0.4, -0.2) is 87.0 Å². The molecular formula is C52H69N3O8. The van der Waals surface area contributed by atoms with E-state index in [0.29, 0.717) is 37.1 Å². The zero-order valence-corrected chi connectivity index (χ0v) is 36.9. The molecule has 10 unspecified atom stereocenters. The van der Waals surface area contributed by atoms with Gasteiger partial charge in [-0.15, -0.1) is 4.99 Å². The molecule has 9 N–H and O–H groups in total. The number of nitrogens with two attached hydrogens (primary N) is 1. The average molecular weight is 864 g/mol. The number of unbranched alkanes of at least 4 members (excludes halogenated alkanes) is 3. The van der Waals surface area contributed by atoms with Gasteiger partial charge in [0.15, 0.2) is 29.4 Å². The van der Waals surface area contributed by atoms with Gasteiger partial charge in [0.2, 0.25) is 0 Å². The molecule has 340 valence electrons. The van der Waals surface area contributed by atoms with Gasteiger partial charge in [-0.1, -0.05) is 86.8 Å². The number of aryl methyl sites for hydroxylation is 1. The highest BCUT2D eigenvalue weighted by Gasteiger charge is 2.59. The fraction of sp³-hybridized carbons (Fsp3) is 0.558. The zero-order valence-electron chi connectivity index (χ0n) is 36.9. The Morgan fingerprint density at radius 2 is 1.90 bits per heavy atom. The molecule has 0 aromatic heterocycles. The molecule has 2 saturated carbocycles. The van der Waals surface area contributed by atoms with Crippen LogP contribution >= 0.6 is 0 Å². The van der Waals surface area contributed by atoms with Crippen molar-refractivity contribution in [3.05, 3.63) is 112 Å². The normalized spacial score (nSPS) is 28.1. The lowest BCUT2D eigenvalue weighted by Gasteiger charge is -2.39. The van der Waals surface area contributed by atoms with Crippen molar-refractivity contribution in [2.24, 2.45) is 39.8 Å². The van der Waals surface area contributed by atoms with Crippen molar-refractivity contribution in [1.29, 1.82) is 0 Å². The number of phenolic OH excluding ortho intramolecular Hbond substituents is 1. The van der Waals surface area contributed by atoms with Crippen LogP contribution in [0.2, 0.25) is 0 Å². The van der Waals surface area contributed by atoms with E-state index in [1.54, 1.807) is 13.0 Å². The van der Waals surface area contributed by atoms with Gasteiger partial charge in [-0.25, -0.2) is 0 Å². The fourth-order valence-electron chi connectivity index (χ4n) is 11.3. The van der Waals surface area contributed by atoms with E-state index in [0.717, 1.165) is 104 Å². The summed E-state index contributed by atoms with van der Waals surface area (Å²) in [5.41, 5.74) is 12.5. The molecule has 9 rings (SSSR count). The van der Waals surface area contributed by atoms with Crippen molar-refractivity contribution >= 4 is 11.8 Å². The number of ether oxygens (including phenoxy) is 2. The van der Waals surface area contributed by atoms with E-state index in [1.807, 2.05) is 48.6 Å². The van der Waals surface area contributed by atoms with Crippen LogP contribution in [0.5, 0.6) is 11.5 Å². The lowest BCUT2D eigenvalue weighted by molar-refractivity contribution is 0.119. The maximum atomic E-state index is 11.4. The number of rotatable bonds is 22. The first-order valence-electron chi connectivity index (χ1n) is 23.6. The second-order valence-corrected chi connectivity index (χ2v) is 19.1. The molecule has 0 amide bonds. The first kappa shape index (κ1) is 45.5. The van der Waals surface area contributed by atoms with Gasteiger partial charge in [0.05, 0.1) is 36.7 Å². The fourth-order valence-corrected chi connectivity index (χ4v) is 11.3. The summed E-state index contributed by atoms with van der Waals surface area (Å²) in [5, 5.41) is 66.1. The number of aliphatic hydroxyl groups excluding tert-OH is 5. The standard InChI is InChI=1S/C52H69N3O8/c1-32(58)27-54-28-44-43-26-45(55-50(43)36-18-20-52(44)19-6-7-39(52)23-36)47(60)31-62-49-22-33(12-17-46(49)59)10-15-41-25-38(30-57)48(63-41)9-5-3-2-4-8-40(53)24-37-14-13-35-21-34(29-56)11-16-42(35)51(37)61/h11-14,16-18,20-22,25-26,32,36-37,39-40,44,47-48,51,54,56-61H,2-10,15,19,23-24,27-31,53H2,1H3. The number of fused-ring (bicyclic) bond motifs is 1. The number of aromatic hydroxyl groups is 1. The number of aliphatic imine (C=N–C) groups is 1. The van der Waals surface area contributed by atoms with Crippen LogP contribution in [0.3, 0.4) is 0 Å². The lowest BCUT2D eigenvalue weighted by Crippen LogP contribution is -2.41. The van der Waals surface area contributed by atoms with E-state index in [1.165, 1.54) is 18.4 Å². The Labute approximate surface area is 373 Å². The summed E-state index contributed by atoms with van der Waals surface area (Å²) in [6.07, 6.45) is 23.3. The number of phenols is 1. The Morgan fingerprint density at radius 3 is 2.73 bits per heavy atom. The minimum absolute atomic E-state index is 0.00459. The third kappa shape index (κ3) is 10.3. The number of benzene rings is 2. The van der Waals surface area contributed by atoms with Crippen molar-refractivity contribution in [3.63, 3.8) is 0 Å². The van der Waals surface area contributed by atoms with Crippen LogP contribution in [0.25, 0.3) is 6.08 Å². The minimum atomic E-state index is -0.967. The summed E-state index contributed by atoms with van der Waals surface area (Å²) >= 11 is 0. The van der Waals surface area contributed by atoms with Gasteiger partial charge in [-0.2, -0.15) is 12.0 Å². The highest BCUT2D eigenvalue weighted by molar-refractivity contribution is 6.07. The summed E-state index contributed by atoms with van der Waals surface area (Å²) in [5.74, 6) is 3.11. The molecule has 5 aliphatic carbocycles. The number of hydrogen-bond acceptors (Lipinski definition) is 11. The molecule has 2 aromatic rings. The van der Waals surface area contributed by atoms with Crippen LogP contribution in [0.1, 0.15) is 112 Å². The first-order valence-corrected chi connectivity index (χ1v) is 23.6. The number of nitrogens with one attached hydrogen (secondary N) is 1. The van der Waals surface area contributed by atoms with Gasteiger partial charge < -0.3 is 51.2 Å². The van der Waals surface area contributed by atoms with Crippen molar-refractivity contribution in [2.75, 3.05) is 26.3 Å². The molecule has 2 fully saturated rings. The Balaban J connectivity index is 0.763. The summed E-state index contributed by atoms with van der Waals surface area (Å²) in [6.45, 7) is 2.98. The number of nitrogens with zero attached hydrogens (tertiary/aromatic N) is 1. The molecule has 2 aliphatic heterocycles. The molecule has 7 aliphatic rings. The Hall–Kier alpha value is -4.07. The maximum absolute atomic E-state index is 11.4. The van der Waals surface area contributed by atoms with E-state index in [-0.39, 0.29) is 60.9 Å². The van der Waals surface area contributed by atoms with Crippen LogP contribution in [0.15, 0.2) is 83.1 Å². The largest absolute Gasteiger partial charge is 0.592 e. The van der Waals surface area contributed by atoms with E-state index in [9.17, 15) is 30.6 Å². The second kappa shape index (κ2) is 20.4. The number of hydrogen-bond donors (Lipinski definition) is 8. The molecule has 2 bridgehead atoms. The van der Waals surface area contributed by atoms with E-state index >= 15 is 0 Å². The van der Waals surface area contributed by atoms with Gasteiger partial charge >= 0.3 is 0 Å². The monoisotopic (exact) mass is 864 g/mol. The summed E-state index contributed by atoms with van der Waals surface area (Å²) in [6, 6.07) is 11.6. The van der Waals surface area contributed by atoms with Crippen molar-refractivity contribution in [1.82, 2.24) is 5.32 Å². The third-order valence-corrected chi connectivity index (χ3v) is 14.7. The zero-order chi connectivity index (χ0) is 44.1.